The maximum atomic E-state index is 11.1. The monoisotopic (exact) mass is 222 g/mol. The van der Waals surface area contributed by atoms with Crippen LogP contribution in [0.4, 0.5) is 0 Å². The third-order valence-electron chi connectivity index (χ3n) is 2.08. The maximum Gasteiger partial charge on any atom is 0.207 e. The first kappa shape index (κ1) is 11.4. The van der Waals surface area contributed by atoms with Gasteiger partial charge in [0.1, 0.15) is 0 Å². The number of carbonyl (C=O) groups excluding carboxylic acids is 1. The molecule has 0 bridgehead atoms. The van der Waals surface area contributed by atoms with Crippen LogP contribution in [0, 0.1) is 0 Å². The highest BCUT2D eigenvalue weighted by molar-refractivity contribution is 7.91. The Morgan fingerprint density at radius 1 is 1.36 bits per heavy atom. The van der Waals surface area contributed by atoms with Crippen molar-refractivity contribution in [1.82, 2.24) is 10.6 Å². The molecule has 0 spiro atoms. The van der Waals surface area contributed by atoms with Crippen molar-refractivity contribution in [2.45, 2.75) is 12.1 Å². The van der Waals surface area contributed by atoms with E-state index in [2.05, 4.69) is 10.6 Å². The average molecular weight is 222 g/mol. The molecule has 0 unspecified atom stereocenters. The molecule has 2 atom stereocenters. The molecule has 3 N–H and O–H groups in total. The number of hydrogen-bond acceptors (Lipinski definition) is 5. The molecule has 1 aliphatic rings. The molecule has 1 fully saturated rings. The Kier molecular flexibility index (Phi) is 3.85. The van der Waals surface area contributed by atoms with Gasteiger partial charge >= 0.3 is 0 Å². The van der Waals surface area contributed by atoms with Gasteiger partial charge in [0.15, 0.2) is 9.84 Å². The summed E-state index contributed by atoms with van der Waals surface area (Å²) in [4.78, 5) is 9.88. The summed E-state index contributed by atoms with van der Waals surface area (Å²) in [5.74, 6) is -0.207. The van der Waals surface area contributed by atoms with E-state index in [-0.39, 0.29) is 11.5 Å². The van der Waals surface area contributed by atoms with Crippen molar-refractivity contribution in [3.63, 3.8) is 0 Å². The van der Waals surface area contributed by atoms with E-state index in [0.717, 1.165) is 0 Å². The van der Waals surface area contributed by atoms with Crippen molar-refractivity contribution in [3.05, 3.63) is 0 Å². The van der Waals surface area contributed by atoms with Gasteiger partial charge in [0.25, 0.3) is 0 Å². The fourth-order valence-corrected chi connectivity index (χ4v) is 3.19. The lowest BCUT2D eigenvalue weighted by Gasteiger charge is -2.14. The third-order valence-corrected chi connectivity index (χ3v) is 3.80. The van der Waals surface area contributed by atoms with Gasteiger partial charge in [-0.2, -0.15) is 0 Å². The number of aliphatic hydroxyl groups is 1. The Labute approximate surface area is 82.6 Å². The lowest BCUT2D eigenvalue weighted by atomic mass is 10.2. The Morgan fingerprint density at radius 2 is 2.07 bits per heavy atom. The zero-order valence-electron chi connectivity index (χ0n) is 7.64. The molecule has 7 heteroatoms. The van der Waals surface area contributed by atoms with Crippen LogP contribution in [0.25, 0.3) is 0 Å². The molecule has 1 amide bonds. The number of aliphatic hydroxyl groups excluding tert-OH is 1. The van der Waals surface area contributed by atoms with Crippen LogP contribution in [0.15, 0.2) is 0 Å². The quantitative estimate of drug-likeness (QED) is 0.352. The molecule has 1 rings (SSSR count). The Balaban J connectivity index is 2.29. The molecule has 0 aromatic heterocycles. The summed E-state index contributed by atoms with van der Waals surface area (Å²) >= 11 is 0. The van der Waals surface area contributed by atoms with Gasteiger partial charge in [0, 0.05) is 19.1 Å². The van der Waals surface area contributed by atoms with E-state index in [1.165, 1.54) is 0 Å². The van der Waals surface area contributed by atoms with Crippen molar-refractivity contribution >= 4 is 16.2 Å². The molecule has 0 radical (unpaired) electrons. The Morgan fingerprint density at radius 3 is 2.57 bits per heavy atom. The van der Waals surface area contributed by atoms with Crippen LogP contribution < -0.4 is 10.6 Å². The molecule has 1 aliphatic heterocycles. The minimum absolute atomic E-state index is 0.0325. The standard InChI is InChI=1S/C7H14N2O4S/c10-5-8-1-2-9-6-3-14(12,13)4-7(6)11/h5-7,9,11H,1-4H2,(H,8,10)/t6-,7-/m0/s1. The molecule has 14 heavy (non-hydrogen) atoms. The lowest BCUT2D eigenvalue weighted by molar-refractivity contribution is -0.109. The first-order chi connectivity index (χ1) is 6.55. The number of hydrogen-bond donors (Lipinski definition) is 3. The normalized spacial score (nSPS) is 30.1. The van der Waals surface area contributed by atoms with Crippen molar-refractivity contribution in [2.24, 2.45) is 0 Å². The SMILES string of the molecule is O=CNCCN[C@H]1CS(=O)(=O)C[C@@H]1O. The van der Waals surface area contributed by atoms with Crippen LogP contribution in [-0.2, 0) is 14.6 Å². The topological polar surface area (TPSA) is 95.5 Å². The summed E-state index contributed by atoms with van der Waals surface area (Å²) in [5, 5.41) is 14.7. The van der Waals surface area contributed by atoms with E-state index >= 15 is 0 Å². The fourth-order valence-electron chi connectivity index (χ4n) is 1.41. The fraction of sp³-hybridized carbons (Fsp3) is 0.857. The highest BCUT2D eigenvalue weighted by Crippen LogP contribution is 2.11. The van der Waals surface area contributed by atoms with Gasteiger partial charge in [-0.25, -0.2) is 8.42 Å². The highest BCUT2D eigenvalue weighted by atomic mass is 32.2. The smallest absolute Gasteiger partial charge is 0.207 e. The molecule has 82 valence electrons. The molecule has 6 nitrogen and oxygen atoms in total. The molecular formula is C7H14N2O4S. The van der Waals surface area contributed by atoms with Gasteiger partial charge in [-0.1, -0.05) is 0 Å². The number of rotatable bonds is 5. The van der Waals surface area contributed by atoms with E-state index in [9.17, 15) is 18.3 Å². The number of amides is 1. The lowest BCUT2D eigenvalue weighted by Crippen LogP contribution is -2.41. The summed E-state index contributed by atoms with van der Waals surface area (Å²) in [6.07, 6.45) is -0.264. The summed E-state index contributed by atoms with van der Waals surface area (Å²) in [6.45, 7) is 0.878. The van der Waals surface area contributed by atoms with Crippen LogP contribution in [0.3, 0.4) is 0 Å². The molecule has 1 heterocycles. The minimum Gasteiger partial charge on any atom is -0.390 e. The summed E-state index contributed by atoms with van der Waals surface area (Å²) < 4.78 is 22.1. The largest absolute Gasteiger partial charge is 0.390 e. The van der Waals surface area contributed by atoms with E-state index in [4.69, 9.17) is 0 Å². The van der Waals surface area contributed by atoms with Crippen molar-refractivity contribution in [2.75, 3.05) is 24.6 Å². The van der Waals surface area contributed by atoms with Crippen molar-refractivity contribution in [3.8, 4) is 0 Å². The molecule has 1 saturated heterocycles. The van der Waals surface area contributed by atoms with Crippen LogP contribution in [0.5, 0.6) is 0 Å². The minimum atomic E-state index is -3.09. The number of carbonyl (C=O) groups is 1. The van der Waals surface area contributed by atoms with Crippen molar-refractivity contribution in [1.29, 1.82) is 0 Å². The first-order valence-electron chi connectivity index (χ1n) is 4.34. The van der Waals surface area contributed by atoms with Crippen LogP contribution in [0.1, 0.15) is 0 Å². The van der Waals surface area contributed by atoms with E-state index < -0.39 is 22.0 Å². The Bertz CT molecular complexity index is 290. The molecule has 0 aromatic carbocycles. The van der Waals surface area contributed by atoms with Gasteiger partial charge in [-0.15, -0.1) is 0 Å². The van der Waals surface area contributed by atoms with Gasteiger partial charge < -0.3 is 15.7 Å². The number of sulfone groups is 1. The molecule has 0 aliphatic carbocycles. The molecular weight excluding hydrogens is 208 g/mol. The zero-order chi connectivity index (χ0) is 10.6. The second-order valence-corrected chi connectivity index (χ2v) is 5.43. The van der Waals surface area contributed by atoms with E-state index in [1.54, 1.807) is 0 Å². The second-order valence-electron chi connectivity index (χ2n) is 3.28. The zero-order valence-corrected chi connectivity index (χ0v) is 8.46. The predicted octanol–water partition coefficient (Wildman–Crippen LogP) is -2.52. The maximum absolute atomic E-state index is 11.1. The Hall–Kier alpha value is -0.660. The van der Waals surface area contributed by atoms with Crippen LogP contribution >= 0.6 is 0 Å². The number of nitrogens with one attached hydrogen (secondary N) is 2. The average Bonchev–Trinajstić information content (AvgIpc) is 2.34. The predicted molar refractivity (Wildman–Crippen MR) is 50.5 cm³/mol. The molecule has 0 saturated carbocycles. The van der Waals surface area contributed by atoms with Crippen LogP contribution in [0.2, 0.25) is 0 Å². The van der Waals surface area contributed by atoms with E-state index in [1.807, 2.05) is 0 Å². The summed E-state index contributed by atoms with van der Waals surface area (Å²) in [6, 6.07) is -0.409. The van der Waals surface area contributed by atoms with Gasteiger partial charge in [-0.3, -0.25) is 4.79 Å². The van der Waals surface area contributed by atoms with Crippen LogP contribution in [-0.4, -0.2) is 56.7 Å². The third kappa shape index (κ3) is 3.24. The summed E-state index contributed by atoms with van der Waals surface area (Å²) in [5.41, 5.74) is 0. The van der Waals surface area contributed by atoms with Crippen molar-refractivity contribution < 1.29 is 18.3 Å². The summed E-state index contributed by atoms with van der Waals surface area (Å²) in [7, 11) is -3.09. The molecule has 0 aromatic rings. The van der Waals surface area contributed by atoms with E-state index in [0.29, 0.717) is 19.5 Å². The highest BCUT2D eigenvalue weighted by Gasteiger charge is 2.35. The van der Waals surface area contributed by atoms with Gasteiger partial charge in [-0.05, 0) is 0 Å². The van der Waals surface area contributed by atoms with Gasteiger partial charge in [0.05, 0.1) is 17.6 Å². The second kappa shape index (κ2) is 4.72. The van der Waals surface area contributed by atoms with Gasteiger partial charge in [0.2, 0.25) is 6.41 Å². The first-order valence-corrected chi connectivity index (χ1v) is 6.16.